The molecule has 4 rings (SSSR count). The molecule has 41 heavy (non-hydrogen) atoms. The fourth-order valence-electron chi connectivity index (χ4n) is 5.22. The number of hydrogen-bond acceptors (Lipinski definition) is 0. The van der Waals surface area contributed by atoms with Crippen LogP contribution in [0.4, 0.5) is 0 Å². The summed E-state index contributed by atoms with van der Waals surface area (Å²) in [5, 5.41) is 0. The van der Waals surface area contributed by atoms with Crippen molar-refractivity contribution >= 4 is 36.2 Å². The Labute approximate surface area is 261 Å². The normalized spacial score (nSPS) is 15.4. The van der Waals surface area contributed by atoms with Gasteiger partial charge >= 0.3 is 263 Å². The van der Waals surface area contributed by atoms with Crippen molar-refractivity contribution in [2.24, 2.45) is 0 Å². The molecule has 0 fully saturated rings. The molecule has 0 nitrogen and oxygen atoms in total. The van der Waals surface area contributed by atoms with Crippen LogP contribution in [0.25, 0.3) is 11.1 Å². The van der Waals surface area contributed by atoms with Gasteiger partial charge in [-0.25, -0.2) is 0 Å². The number of rotatable bonds is 4. The van der Waals surface area contributed by atoms with Crippen molar-refractivity contribution < 1.29 is 0 Å². The molecule has 0 unspecified atom stereocenters. The molecule has 0 saturated carbocycles. The second kappa shape index (κ2) is 11.5. The van der Waals surface area contributed by atoms with Gasteiger partial charge in [0.1, 0.15) is 0 Å². The molecule has 0 heterocycles. The van der Waals surface area contributed by atoms with Crippen LogP contribution in [0, 0.1) is 0 Å². The zero-order valence-electron chi connectivity index (χ0n) is 27.6. The molecule has 0 spiro atoms. The minimum absolute atomic E-state index is 0.0953. The van der Waals surface area contributed by atoms with Crippen LogP contribution in [0.3, 0.4) is 0 Å². The van der Waals surface area contributed by atoms with E-state index in [1.54, 1.807) is 0 Å². The van der Waals surface area contributed by atoms with Gasteiger partial charge in [0.25, 0.3) is 0 Å². The van der Waals surface area contributed by atoms with Gasteiger partial charge < -0.3 is 0 Å². The Hall–Kier alpha value is -2.17. The van der Waals surface area contributed by atoms with E-state index in [0.717, 1.165) is 0 Å². The predicted molar refractivity (Wildman–Crippen MR) is 185 cm³/mol. The van der Waals surface area contributed by atoms with Crippen molar-refractivity contribution in [3.05, 3.63) is 118 Å². The Balaban J connectivity index is 1.90. The molecule has 0 bridgehead atoms. The van der Waals surface area contributed by atoms with E-state index in [4.69, 9.17) is 0 Å². The molecule has 0 amide bonds. The zero-order chi connectivity index (χ0) is 30.4. The van der Waals surface area contributed by atoms with Crippen molar-refractivity contribution in [3.8, 4) is 0 Å². The molecule has 0 aliphatic heterocycles. The first-order valence-corrected chi connectivity index (χ1v) is 18.1. The van der Waals surface area contributed by atoms with Crippen molar-refractivity contribution in [1.29, 1.82) is 0 Å². The van der Waals surface area contributed by atoms with Crippen molar-refractivity contribution in [2.45, 2.75) is 109 Å². The minimum atomic E-state index is -0.769. The summed E-state index contributed by atoms with van der Waals surface area (Å²) in [7, 11) is 0. The van der Waals surface area contributed by atoms with Gasteiger partial charge in [-0.1, -0.05) is 0 Å². The standard InChI is InChI=1S/C33H45.C7H6.Sb/c1-30(2,3)26-16-24(17-27(20-26)31(4,5)6)22-13-14-23(15-22)25-18-28(32(7,8)9)21-29(19-25)33(10,11)12;1-7-5-3-2-4-6-7;/h13-21H,1-12H3;1-6H;. The van der Waals surface area contributed by atoms with E-state index in [2.05, 4.69) is 166 Å². The third-order valence-electron chi connectivity index (χ3n) is 8.20. The molecular weight excluding hydrogens is 602 g/mol. The average molecular weight is 654 g/mol. The van der Waals surface area contributed by atoms with Crippen LogP contribution in [0.2, 0.25) is 3.86 Å². The molecule has 3 aromatic rings. The number of benzene rings is 3. The monoisotopic (exact) mass is 652 g/mol. The van der Waals surface area contributed by atoms with E-state index in [1.165, 1.54) is 50.1 Å². The van der Waals surface area contributed by atoms with Gasteiger partial charge in [0.15, 0.2) is 0 Å². The van der Waals surface area contributed by atoms with Crippen molar-refractivity contribution in [3.63, 3.8) is 0 Å². The average Bonchev–Trinajstić information content (AvgIpc) is 3.29. The summed E-state index contributed by atoms with van der Waals surface area (Å²) >= 11 is -0.769. The summed E-state index contributed by atoms with van der Waals surface area (Å²) in [6.45, 7) is 28.1. The Bertz CT molecular complexity index is 1330. The van der Waals surface area contributed by atoms with Crippen LogP contribution >= 0.6 is 0 Å². The van der Waals surface area contributed by atoms with Gasteiger partial charge in [-0.3, -0.25) is 0 Å². The summed E-state index contributed by atoms with van der Waals surface area (Å²) < 4.78 is 3.02. The maximum atomic E-state index is 2.57. The Morgan fingerprint density at radius 3 is 1.15 bits per heavy atom. The first kappa shape index (κ1) is 31.8. The van der Waals surface area contributed by atoms with E-state index < -0.39 is 21.1 Å². The third kappa shape index (κ3) is 7.62. The van der Waals surface area contributed by atoms with Gasteiger partial charge in [-0.2, -0.15) is 0 Å². The van der Waals surface area contributed by atoms with Crippen LogP contribution < -0.4 is 0 Å². The van der Waals surface area contributed by atoms with Crippen LogP contribution in [-0.2, 0) is 21.7 Å². The molecule has 1 aliphatic rings. The second-order valence-electron chi connectivity index (χ2n) is 15.9. The van der Waals surface area contributed by atoms with E-state index in [1.807, 2.05) is 0 Å². The topological polar surface area (TPSA) is 0 Å². The van der Waals surface area contributed by atoms with Crippen LogP contribution in [0.5, 0.6) is 0 Å². The number of hydrogen-bond donors (Lipinski definition) is 0. The predicted octanol–water partition coefficient (Wildman–Crippen LogP) is 10.7. The van der Waals surface area contributed by atoms with Crippen LogP contribution in [0.15, 0.2) is 78.9 Å². The van der Waals surface area contributed by atoms with E-state index in [-0.39, 0.29) is 21.7 Å². The molecule has 216 valence electrons. The summed E-state index contributed by atoms with van der Waals surface area (Å²) in [6, 6.07) is 25.8. The summed E-state index contributed by atoms with van der Waals surface area (Å²) in [5.41, 5.74) is 13.2. The molecular formula is C40H51Sb. The Morgan fingerprint density at radius 1 is 0.488 bits per heavy atom. The van der Waals surface area contributed by atoms with E-state index in [0.29, 0.717) is 3.86 Å². The molecule has 3 aromatic carbocycles. The first-order valence-electron chi connectivity index (χ1n) is 15.2. The van der Waals surface area contributed by atoms with E-state index in [9.17, 15) is 0 Å². The van der Waals surface area contributed by atoms with Crippen LogP contribution in [0.1, 0.15) is 122 Å². The molecule has 0 N–H and O–H groups in total. The molecule has 1 heteroatoms. The molecule has 0 radical (unpaired) electrons. The summed E-state index contributed by atoms with van der Waals surface area (Å²) in [5.74, 6) is 0. The van der Waals surface area contributed by atoms with E-state index >= 15 is 0 Å². The Kier molecular flexibility index (Phi) is 8.90. The summed E-state index contributed by atoms with van der Waals surface area (Å²) in [4.78, 5) is 0. The van der Waals surface area contributed by atoms with Crippen molar-refractivity contribution in [1.82, 2.24) is 0 Å². The SMILES string of the molecule is CC(C)(C)c1cc(C2=CC=C(c3cc(C(C)(C)C)cc(C(C)(C)C)c3)[CH]2[Sb]=[CH]c2ccccc2)cc(C(C)(C)C)c1. The summed E-state index contributed by atoms with van der Waals surface area (Å²) in [6.07, 6.45) is 4.90. The van der Waals surface area contributed by atoms with Gasteiger partial charge in [0.2, 0.25) is 0 Å². The van der Waals surface area contributed by atoms with Gasteiger partial charge in [-0.15, -0.1) is 0 Å². The quantitative estimate of drug-likeness (QED) is 0.246. The zero-order valence-corrected chi connectivity index (χ0v) is 30.2. The fourth-order valence-corrected chi connectivity index (χ4v) is 8.89. The molecule has 0 atom stereocenters. The Morgan fingerprint density at radius 2 is 0.829 bits per heavy atom. The first-order chi connectivity index (χ1) is 18.8. The number of allylic oxidation sites excluding steroid dienone is 4. The maximum absolute atomic E-state index is 2.57. The molecule has 1 aliphatic carbocycles. The van der Waals surface area contributed by atoms with Gasteiger partial charge in [-0.05, 0) is 0 Å². The second-order valence-corrected chi connectivity index (χ2v) is 19.0. The third-order valence-corrected chi connectivity index (χ3v) is 11.9. The molecule has 0 aromatic heterocycles. The molecule has 0 saturated heterocycles. The van der Waals surface area contributed by atoms with Gasteiger partial charge in [0.05, 0.1) is 0 Å². The van der Waals surface area contributed by atoms with Crippen LogP contribution in [-0.4, -0.2) is 25.1 Å². The van der Waals surface area contributed by atoms with Crippen molar-refractivity contribution in [2.75, 3.05) is 0 Å². The fraction of sp³-hybridized carbons (Fsp3) is 0.425. The van der Waals surface area contributed by atoms with Gasteiger partial charge in [0, 0.05) is 0 Å².